The normalized spacial score (nSPS) is 26.9. The van der Waals surface area contributed by atoms with E-state index in [9.17, 15) is 9.59 Å². The van der Waals surface area contributed by atoms with Gasteiger partial charge in [-0.1, -0.05) is 35.3 Å². The largest absolute Gasteiger partial charge is 0.497 e. The molecule has 0 radical (unpaired) electrons. The third-order valence-electron chi connectivity index (χ3n) is 6.02. The van der Waals surface area contributed by atoms with Gasteiger partial charge in [0.1, 0.15) is 11.8 Å². The molecule has 0 unspecified atom stereocenters. The second-order valence-electron chi connectivity index (χ2n) is 7.48. The van der Waals surface area contributed by atoms with Gasteiger partial charge in [0.05, 0.1) is 34.8 Å². The lowest BCUT2D eigenvalue weighted by molar-refractivity contribution is -0.126. The summed E-state index contributed by atoms with van der Waals surface area (Å²) >= 11 is 12.2. The lowest BCUT2D eigenvalue weighted by atomic mass is 9.90. The minimum Gasteiger partial charge on any atom is -0.497 e. The van der Waals surface area contributed by atoms with Crippen molar-refractivity contribution in [3.8, 4) is 5.75 Å². The molecule has 0 bridgehead atoms. The Morgan fingerprint density at radius 1 is 0.897 bits per heavy atom. The number of halogens is 2. The molecule has 0 saturated carbocycles. The summed E-state index contributed by atoms with van der Waals surface area (Å²) in [7, 11) is 1.62. The van der Waals surface area contributed by atoms with Gasteiger partial charge in [-0.25, -0.2) is 14.9 Å². The Morgan fingerprint density at radius 2 is 1.59 bits per heavy atom. The van der Waals surface area contributed by atoms with Crippen LogP contribution in [0, 0.1) is 5.92 Å². The van der Waals surface area contributed by atoms with Crippen LogP contribution in [0.1, 0.15) is 18.0 Å². The predicted octanol–water partition coefficient (Wildman–Crippen LogP) is 3.54. The van der Waals surface area contributed by atoms with Crippen LogP contribution in [0.4, 0.5) is 5.69 Å². The van der Waals surface area contributed by atoms with Crippen LogP contribution in [0.5, 0.6) is 5.75 Å². The van der Waals surface area contributed by atoms with Crippen molar-refractivity contribution < 1.29 is 14.3 Å². The minimum absolute atomic E-state index is 0.183. The minimum atomic E-state index is -0.494. The van der Waals surface area contributed by atoms with Crippen molar-refractivity contribution in [3.05, 3.63) is 58.1 Å². The molecule has 3 saturated heterocycles. The number of fused-ring (bicyclic) bond motifs is 3. The standard InChI is InChI=1S/C21H19Cl2N3O3/c1-29-14-6-3-12(4-7-14)18-17-19(25-10-2-9-24(18)25)21(28)26(20(17)27)13-5-8-15(22)16(23)11-13/h3-8,11,17-19H,2,9-10H2,1H3/t17-,18+,19-/m1/s1. The topological polar surface area (TPSA) is 53.1 Å². The summed E-state index contributed by atoms with van der Waals surface area (Å²) in [5, 5.41) is 4.95. The summed E-state index contributed by atoms with van der Waals surface area (Å²) in [5.41, 5.74) is 1.46. The first kappa shape index (κ1) is 18.9. The van der Waals surface area contributed by atoms with E-state index in [2.05, 4.69) is 10.0 Å². The van der Waals surface area contributed by atoms with Crippen LogP contribution < -0.4 is 9.64 Å². The van der Waals surface area contributed by atoms with Crippen molar-refractivity contribution in [2.24, 2.45) is 5.92 Å². The molecule has 3 aliphatic rings. The molecule has 150 valence electrons. The van der Waals surface area contributed by atoms with Gasteiger partial charge in [0.15, 0.2) is 0 Å². The molecule has 2 aromatic rings. The van der Waals surface area contributed by atoms with E-state index in [-0.39, 0.29) is 17.9 Å². The zero-order valence-electron chi connectivity index (χ0n) is 15.7. The lowest BCUT2D eigenvalue weighted by Gasteiger charge is -2.29. The maximum atomic E-state index is 13.5. The molecule has 2 amide bonds. The lowest BCUT2D eigenvalue weighted by Crippen LogP contribution is -2.44. The van der Waals surface area contributed by atoms with Gasteiger partial charge in [-0.2, -0.15) is 0 Å². The van der Waals surface area contributed by atoms with Gasteiger partial charge in [0.2, 0.25) is 5.91 Å². The van der Waals surface area contributed by atoms with Crippen LogP contribution in [0.3, 0.4) is 0 Å². The van der Waals surface area contributed by atoms with Gasteiger partial charge in [-0.15, -0.1) is 0 Å². The Bertz CT molecular complexity index is 997. The summed E-state index contributed by atoms with van der Waals surface area (Å²) in [4.78, 5) is 28.1. The van der Waals surface area contributed by atoms with Crippen LogP contribution in [0.25, 0.3) is 0 Å². The molecule has 2 aromatic carbocycles. The van der Waals surface area contributed by atoms with E-state index < -0.39 is 12.0 Å². The molecule has 29 heavy (non-hydrogen) atoms. The van der Waals surface area contributed by atoms with Crippen LogP contribution in [0.2, 0.25) is 10.0 Å². The smallest absolute Gasteiger partial charge is 0.253 e. The van der Waals surface area contributed by atoms with Gasteiger partial charge in [-0.05, 0) is 42.3 Å². The molecule has 3 fully saturated rings. The molecule has 3 atom stereocenters. The Hall–Kier alpha value is -2.12. The first-order valence-electron chi connectivity index (χ1n) is 9.51. The van der Waals surface area contributed by atoms with Crippen LogP contribution >= 0.6 is 23.2 Å². The third kappa shape index (κ3) is 2.78. The highest BCUT2D eigenvalue weighted by molar-refractivity contribution is 6.42. The highest BCUT2D eigenvalue weighted by Crippen LogP contribution is 2.49. The Morgan fingerprint density at radius 3 is 2.24 bits per heavy atom. The Labute approximate surface area is 178 Å². The Balaban J connectivity index is 1.56. The fourth-order valence-electron chi connectivity index (χ4n) is 4.79. The van der Waals surface area contributed by atoms with E-state index in [1.165, 1.54) is 4.90 Å². The molecule has 0 spiro atoms. The first-order chi connectivity index (χ1) is 14.0. The van der Waals surface area contributed by atoms with Crippen molar-refractivity contribution >= 4 is 40.7 Å². The second-order valence-corrected chi connectivity index (χ2v) is 8.29. The van der Waals surface area contributed by atoms with Crippen molar-refractivity contribution in [2.45, 2.75) is 18.5 Å². The van der Waals surface area contributed by atoms with Crippen molar-refractivity contribution in [1.29, 1.82) is 0 Å². The molecule has 5 rings (SSSR count). The number of rotatable bonds is 3. The molecular formula is C21H19Cl2N3O3. The van der Waals surface area contributed by atoms with E-state index in [1.807, 2.05) is 24.3 Å². The average Bonchev–Trinajstić information content (AvgIpc) is 3.37. The number of imide groups is 1. The van der Waals surface area contributed by atoms with E-state index in [1.54, 1.807) is 25.3 Å². The number of hydrogen-bond donors (Lipinski definition) is 0. The van der Waals surface area contributed by atoms with Gasteiger partial charge in [0, 0.05) is 13.1 Å². The van der Waals surface area contributed by atoms with E-state index in [0.29, 0.717) is 15.7 Å². The number of hydrazine groups is 1. The number of ether oxygens (including phenoxy) is 1. The quantitative estimate of drug-likeness (QED) is 0.695. The molecular weight excluding hydrogens is 413 g/mol. The molecule has 0 aliphatic carbocycles. The second kappa shape index (κ2) is 6.99. The average molecular weight is 432 g/mol. The van der Waals surface area contributed by atoms with Gasteiger partial charge in [-0.3, -0.25) is 9.59 Å². The van der Waals surface area contributed by atoms with E-state index in [4.69, 9.17) is 27.9 Å². The molecule has 3 aliphatic heterocycles. The van der Waals surface area contributed by atoms with E-state index >= 15 is 0 Å². The van der Waals surface area contributed by atoms with E-state index in [0.717, 1.165) is 30.8 Å². The monoisotopic (exact) mass is 431 g/mol. The van der Waals surface area contributed by atoms with Gasteiger partial charge >= 0.3 is 0 Å². The molecule has 8 heteroatoms. The zero-order valence-corrected chi connectivity index (χ0v) is 17.2. The molecule has 0 aromatic heterocycles. The summed E-state index contributed by atoms with van der Waals surface area (Å²) < 4.78 is 5.26. The van der Waals surface area contributed by atoms with Crippen LogP contribution in [0.15, 0.2) is 42.5 Å². The first-order valence-corrected chi connectivity index (χ1v) is 10.3. The molecule has 6 nitrogen and oxygen atoms in total. The molecule has 3 heterocycles. The van der Waals surface area contributed by atoms with Crippen LogP contribution in [-0.2, 0) is 9.59 Å². The van der Waals surface area contributed by atoms with Gasteiger partial charge in [0.25, 0.3) is 5.91 Å². The van der Waals surface area contributed by atoms with Crippen molar-refractivity contribution in [2.75, 3.05) is 25.1 Å². The highest BCUT2D eigenvalue weighted by Gasteiger charge is 2.62. The Kier molecular flexibility index (Phi) is 4.55. The van der Waals surface area contributed by atoms with Crippen LogP contribution in [-0.4, -0.2) is 48.1 Å². The summed E-state index contributed by atoms with van der Waals surface area (Å²) in [6.07, 6.45) is 0.962. The number of nitrogens with zero attached hydrogens (tertiary/aromatic N) is 3. The number of carbonyl (C=O) groups is 2. The zero-order chi connectivity index (χ0) is 20.3. The SMILES string of the molecule is COc1ccc([C@H]2[C@H]3C(=O)N(c4ccc(Cl)c(Cl)c4)C(=O)[C@@H]3N3CCCN23)cc1. The molecule has 0 N–H and O–H groups in total. The summed E-state index contributed by atoms with van der Waals surface area (Å²) in [6.45, 7) is 1.60. The number of carbonyl (C=O) groups excluding carboxylic acids is 2. The van der Waals surface area contributed by atoms with Crippen molar-refractivity contribution in [1.82, 2.24) is 10.0 Å². The maximum Gasteiger partial charge on any atom is 0.253 e. The van der Waals surface area contributed by atoms with Crippen molar-refractivity contribution in [3.63, 3.8) is 0 Å². The fraction of sp³-hybridized carbons (Fsp3) is 0.333. The number of amides is 2. The number of hydrogen-bond acceptors (Lipinski definition) is 5. The third-order valence-corrected chi connectivity index (χ3v) is 6.76. The number of benzene rings is 2. The van der Waals surface area contributed by atoms with Gasteiger partial charge < -0.3 is 4.74 Å². The maximum absolute atomic E-state index is 13.5. The summed E-state index contributed by atoms with van der Waals surface area (Å²) in [5.74, 6) is -0.117. The predicted molar refractivity (Wildman–Crippen MR) is 110 cm³/mol. The number of methoxy groups -OCH3 is 1. The summed E-state index contributed by atoms with van der Waals surface area (Å²) in [6, 6.07) is 11.9. The number of anilines is 1. The highest BCUT2D eigenvalue weighted by atomic mass is 35.5. The fourth-order valence-corrected chi connectivity index (χ4v) is 5.09.